The van der Waals surface area contributed by atoms with Crippen molar-refractivity contribution in [2.24, 2.45) is 0 Å². The lowest BCUT2D eigenvalue weighted by molar-refractivity contribution is 0.487. The lowest BCUT2D eigenvalue weighted by atomic mass is 10.1. The molecule has 0 spiro atoms. The number of fused-ring (bicyclic) bond motifs is 2. The van der Waals surface area contributed by atoms with Crippen LogP contribution in [0.4, 0.5) is 21.5 Å². The standard InChI is InChI=1S/C18H19FN3O2S/c1-22(2)16-5-3-12(21-13-4-6-18(19)20-10-13)9-14(16)15-11-25(23,24)8-7-17(15)22/h3-6,9-10,21H,7-8,11H2,1-2H3/q+1. The fraction of sp³-hybridized carbons (Fsp3) is 0.278. The number of hydrogen-bond donors (Lipinski definition) is 1. The smallest absolute Gasteiger partial charge is 0.212 e. The zero-order valence-electron chi connectivity index (χ0n) is 14.1. The van der Waals surface area contributed by atoms with Crippen molar-refractivity contribution in [3.8, 4) is 0 Å². The molecule has 0 saturated heterocycles. The lowest BCUT2D eigenvalue weighted by Gasteiger charge is -2.29. The third-order valence-corrected chi connectivity index (χ3v) is 6.53. The van der Waals surface area contributed by atoms with Gasteiger partial charge in [0.05, 0.1) is 37.5 Å². The Bertz CT molecular complexity index is 995. The molecule has 2 aliphatic heterocycles. The van der Waals surface area contributed by atoms with Crippen molar-refractivity contribution in [1.29, 1.82) is 0 Å². The van der Waals surface area contributed by atoms with Crippen LogP contribution >= 0.6 is 0 Å². The summed E-state index contributed by atoms with van der Waals surface area (Å²) in [6.45, 7) is 0. The quantitative estimate of drug-likeness (QED) is 0.660. The molecule has 0 radical (unpaired) electrons. The van der Waals surface area contributed by atoms with Crippen LogP contribution in [0.3, 0.4) is 0 Å². The molecular weight excluding hydrogens is 341 g/mol. The second kappa shape index (κ2) is 5.37. The van der Waals surface area contributed by atoms with Gasteiger partial charge in [0.25, 0.3) is 0 Å². The Labute approximate surface area is 146 Å². The van der Waals surface area contributed by atoms with Crippen LogP contribution in [0.15, 0.2) is 42.2 Å². The Balaban J connectivity index is 1.75. The topological polar surface area (TPSA) is 59.1 Å². The summed E-state index contributed by atoms with van der Waals surface area (Å²) in [6.07, 6.45) is 2.00. The summed E-state index contributed by atoms with van der Waals surface area (Å²) in [5, 5.41) is 3.20. The zero-order valence-corrected chi connectivity index (χ0v) is 14.9. The number of quaternary nitrogens is 1. The van der Waals surface area contributed by atoms with E-state index < -0.39 is 15.8 Å². The molecule has 0 atom stereocenters. The number of allylic oxidation sites excluding steroid dienone is 1. The predicted octanol–water partition coefficient (Wildman–Crippen LogP) is 3.07. The van der Waals surface area contributed by atoms with Gasteiger partial charge in [0.1, 0.15) is 11.4 Å². The lowest BCUT2D eigenvalue weighted by Crippen LogP contribution is -2.39. The number of anilines is 2. The first-order valence-corrected chi connectivity index (χ1v) is 9.89. The molecule has 2 aliphatic rings. The summed E-state index contributed by atoms with van der Waals surface area (Å²) in [7, 11) is 1.14. The molecule has 0 fully saturated rings. The van der Waals surface area contributed by atoms with E-state index in [1.165, 1.54) is 18.0 Å². The number of rotatable bonds is 2. The molecule has 0 amide bonds. The van der Waals surface area contributed by atoms with Gasteiger partial charge in [-0.3, -0.25) is 4.48 Å². The van der Waals surface area contributed by atoms with Crippen molar-refractivity contribution in [3.05, 3.63) is 53.7 Å². The number of aromatic nitrogens is 1. The van der Waals surface area contributed by atoms with Crippen LogP contribution in [0.5, 0.6) is 0 Å². The largest absolute Gasteiger partial charge is 0.354 e. The zero-order chi connectivity index (χ0) is 17.8. The summed E-state index contributed by atoms with van der Waals surface area (Å²) >= 11 is 0. The van der Waals surface area contributed by atoms with Gasteiger partial charge in [-0.05, 0) is 24.3 Å². The first-order chi connectivity index (χ1) is 11.8. The van der Waals surface area contributed by atoms with Gasteiger partial charge in [0.2, 0.25) is 5.95 Å². The predicted molar refractivity (Wildman–Crippen MR) is 97.8 cm³/mol. The maximum atomic E-state index is 12.9. The van der Waals surface area contributed by atoms with E-state index in [-0.39, 0.29) is 11.5 Å². The van der Waals surface area contributed by atoms with Crippen LogP contribution in [-0.2, 0) is 9.84 Å². The molecule has 25 heavy (non-hydrogen) atoms. The highest BCUT2D eigenvalue weighted by atomic mass is 32.2. The monoisotopic (exact) mass is 360 g/mol. The second-order valence-corrected chi connectivity index (χ2v) is 9.13. The average molecular weight is 360 g/mol. The molecule has 0 unspecified atom stereocenters. The summed E-state index contributed by atoms with van der Waals surface area (Å²) in [5.74, 6) is -0.215. The minimum atomic E-state index is -3.05. The molecule has 5 nitrogen and oxygen atoms in total. The van der Waals surface area contributed by atoms with Crippen molar-refractivity contribution < 1.29 is 12.8 Å². The summed E-state index contributed by atoms with van der Waals surface area (Å²) in [4.78, 5) is 3.63. The Morgan fingerprint density at radius 3 is 2.64 bits per heavy atom. The van der Waals surface area contributed by atoms with E-state index >= 15 is 0 Å². The molecule has 1 aromatic heterocycles. The van der Waals surface area contributed by atoms with Crippen molar-refractivity contribution in [3.63, 3.8) is 0 Å². The number of sulfone groups is 1. The molecular formula is C18H19FN3O2S+. The van der Waals surface area contributed by atoms with E-state index in [0.29, 0.717) is 16.6 Å². The summed E-state index contributed by atoms with van der Waals surface area (Å²) in [6, 6.07) is 8.87. The van der Waals surface area contributed by atoms with Crippen LogP contribution in [0, 0.1) is 5.95 Å². The molecule has 4 rings (SSSR count). The van der Waals surface area contributed by atoms with Gasteiger partial charge >= 0.3 is 0 Å². The first-order valence-electron chi connectivity index (χ1n) is 8.07. The van der Waals surface area contributed by atoms with Gasteiger partial charge in [-0.2, -0.15) is 4.39 Å². The van der Waals surface area contributed by atoms with Crippen molar-refractivity contribution in [2.45, 2.75) is 6.42 Å². The number of halogens is 1. The Morgan fingerprint density at radius 2 is 1.92 bits per heavy atom. The van der Waals surface area contributed by atoms with Crippen LogP contribution in [0.2, 0.25) is 0 Å². The Hall–Kier alpha value is -2.25. The van der Waals surface area contributed by atoms with Crippen LogP contribution in [0.1, 0.15) is 12.0 Å². The van der Waals surface area contributed by atoms with Crippen LogP contribution in [-0.4, -0.2) is 39.0 Å². The maximum Gasteiger partial charge on any atom is 0.212 e. The first kappa shape index (κ1) is 16.2. The number of nitrogens with one attached hydrogen (secondary N) is 1. The number of pyridine rings is 1. The van der Waals surface area contributed by atoms with Crippen molar-refractivity contribution in [1.82, 2.24) is 9.47 Å². The van der Waals surface area contributed by atoms with Crippen molar-refractivity contribution >= 4 is 32.5 Å². The van der Waals surface area contributed by atoms with E-state index in [2.05, 4.69) is 24.4 Å². The van der Waals surface area contributed by atoms with E-state index in [9.17, 15) is 12.8 Å². The van der Waals surface area contributed by atoms with Gasteiger partial charge < -0.3 is 5.32 Å². The highest BCUT2D eigenvalue weighted by Crippen LogP contribution is 2.47. The molecule has 3 heterocycles. The maximum absolute atomic E-state index is 12.9. The van der Waals surface area contributed by atoms with Crippen LogP contribution < -0.4 is 9.80 Å². The average Bonchev–Trinajstić information content (AvgIpc) is 2.76. The van der Waals surface area contributed by atoms with Gasteiger partial charge in [-0.25, -0.2) is 13.4 Å². The summed E-state index contributed by atoms with van der Waals surface area (Å²) in [5.41, 5.74) is 5.67. The molecule has 0 aliphatic carbocycles. The Morgan fingerprint density at radius 1 is 1.16 bits per heavy atom. The normalized spacial score (nSPS) is 20.1. The minimum Gasteiger partial charge on any atom is -0.354 e. The number of benzene rings is 1. The number of nitrogens with zero attached hydrogens (tertiary/aromatic N) is 2. The fourth-order valence-electron chi connectivity index (χ4n) is 3.73. The van der Waals surface area contributed by atoms with Gasteiger partial charge in [0.15, 0.2) is 9.84 Å². The molecule has 130 valence electrons. The van der Waals surface area contributed by atoms with E-state index in [1.807, 2.05) is 18.2 Å². The second-order valence-electron chi connectivity index (χ2n) is 6.95. The molecule has 7 heteroatoms. The molecule has 0 bridgehead atoms. The van der Waals surface area contributed by atoms with E-state index in [0.717, 1.165) is 22.5 Å². The SMILES string of the molecule is C[N+]1(C)C2=C(CS(=O)(=O)CC2)c2cc(Nc3ccc(F)nc3)ccc21. The van der Waals surface area contributed by atoms with Gasteiger partial charge in [-0.15, -0.1) is 0 Å². The fourth-order valence-corrected chi connectivity index (χ4v) is 5.14. The Kier molecular flexibility index (Phi) is 3.49. The van der Waals surface area contributed by atoms with E-state index in [1.54, 1.807) is 6.07 Å². The molecule has 0 saturated carbocycles. The van der Waals surface area contributed by atoms with Gasteiger partial charge in [0, 0.05) is 29.3 Å². The van der Waals surface area contributed by atoms with Gasteiger partial charge in [-0.1, -0.05) is 0 Å². The number of hydrogen-bond acceptors (Lipinski definition) is 4. The highest BCUT2D eigenvalue weighted by molar-refractivity contribution is 7.91. The van der Waals surface area contributed by atoms with Crippen LogP contribution in [0.25, 0.3) is 5.57 Å². The van der Waals surface area contributed by atoms with Crippen molar-refractivity contribution in [2.75, 3.05) is 30.9 Å². The summed E-state index contributed by atoms with van der Waals surface area (Å²) < 4.78 is 37.8. The molecule has 1 aromatic carbocycles. The highest BCUT2D eigenvalue weighted by Gasteiger charge is 2.43. The molecule has 2 aromatic rings. The van der Waals surface area contributed by atoms with E-state index in [4.69, 9.17) is 0 Å². The third kappa shape index (κ3) is 2.73. The minimum absolute atomic E-state index is 0.0958. The third-order valence-electron chi connectivity index (χ3n) is 4.98. The molecule has 1 N–H and O–H groups in total.